The molecule has 1 heterocycles. The minimum atomic E-state index is -3.18. The van der Waals surface area contributed by atoms with Crippen molar-refractivity contribution < 1.29 is 18.5 Å². The molecule has 0 saturated carbocycles. The van der Waals surface area contributed by atoms with Crippen LogP contribution in [0, 0.1) is 21.4 Å². The molecule has 0 saturated heterocycles. The van der Waals surface area contributed by atoms with Gasteiger partial charge in [0.05, 0.1) is 0 Å². The van der Waals surface area contributed by atoms with E-state index in [1.54, 1.807) is 0 Å². The number of carbonyl (C=O) groups is 1. The van der Waals surface area contributed by atoms with Crippen molar-refractivity contribution in [1.82, 2.24) is 4.98 Å². The molecular formula is C8H2ClF2N3O3. The first-order chi connectivity index (χ1) is 7.88. The van der Waals surface area contributed by atoms with Gasteiger partial charge in [-0.15, -0.1) is 0 Å². The zero-order chi connectivity index (χ0) is 13.2. The van der Waals surface area contributed by atoms with Crippen LogP contribution in [0.5, 0.6) is 0 Å². The van der Waals surface area contributed by atoms with Crippen molar-refractivity contribution in [2.24, 2.45) is 0 Å². The Morgan fingerprint density at radius 1 is 1.65 bits per heavy atom. The van der Waals surface area contributed by atoms with Crippen molar-refractivity contribution in [3.8, 4) is 6.07 Å². The quantitative estimate of drug-likeness (QED) is 0.472. The Hall–Kier alpha value is -2.14. The number of nitriles is 1. The van der Waals surface area contributed by atoms with Crippen LogP contribution in [0.4, 0.5) is 14.6 Å². The third-order valence-corrected chi connectivity index (χ3v) is 1.94. The zero-order valence-corrected chi connectivity index (χ0v) is 8.61. The second-order valence-corrected chi connectivity index (χ2v) is 3.08. The number of nitrogens with zero attached hydrogens (tertiary/aromatic N) is 3. The summed E-state index contributed by atoms with van der Waals surface area (Å²) >= 11 is 5.00. The van der Waals surface area contributed by atoms with Gasteiger partial charge in [-0.1, -0.05) is 0 Å². The van der Waals surface area contributed by atoms with E-state index in [1.165, 1.54) is 6.07 Å². The molecule has 0 aliphatic heterocycles. The van der Waals surface area contributed by atoms with Crippen molar-refractivity contribution in [2.45, 2.75) is 6.43 Å². The number of halogens is 3. The van der Waals surface area contributed by atoms with Crippen LogP contribution in [-0.4, -0.2) is 15.1 Å². The van der Waals surface area contributed by atoms with E-state index in [-0.39, 0.29) is 0 Å². The highest BCUT2D eigenvalue weighted by atomic mass is 35.5. The lowest BCUT2D eigenvalue weighted by Crippen LogP contribution is -2.08. The zero-order valence-electron chi connectivity index (χ0n) is 7.85. The number of hydrogen-bond donors (Lipinski definition) is 0. The van der Waals surface area contributed by atoms with Gasteiger partial charge in [0.15, 0.2) is 0 Å². The van der Waals surface area contributed by atoms with E-state index < -0.39 is 39.2 Å². The van der Waals surface area contributed by atoms with Crippen LogP contribution >= 0.6 is 11.6 Å². The Morgan fingerprint density at radius 2 is 2.24 bits per heavy atom. The highest BCUT2D eigenvalue weighted by Crippen LogP contribution is 2.30. The summed E-state index contributed by atoms with van der Waals surface area (Å²) < 4.78 is 25.2. The average Bonchev–Trinajstić information content (AvgIpc) is 2.26. The first-order valence-electron chi connectivity index (χ1n) is 3.96. The second-order valence-electron chi connectivity index (χ2n) is 2.74. The molecule has 0 bridgehead atoms. The summed E-state index contributed by atoms with van der Waals surface area (Å²) in [6.45, 7) is 0. The molecule has 0 radical (unpaired) electrons. The van der Waals surface area contributed by atoms with E-state index in [9.17, 15) is 23.7 Å². The standard InChI is InChI=1S/C8H2ClF2N3O3/c9-6(15)5-4(7(10)11)1-3(2-12)13-8(5)14(16)17/h1,7H. The van der Waals surface area contributed by atoms with Crippen LogP contribution in [0.25, 0.3) is 0 Å². The fraction of sp³-hybridized carbons (Fsp3) is 0.125. The van der Waals surface area contributed by atoms with Gasteiger partial charge < -0.3 is 10.1 Å². The summed E-state index contributed by atoms with van der Waals surface area (Å²) in [7, 11) is 0. The summed E-state index contributed by atoms with van der Waals surface area (Å²) in [5.41, 5.74) is -2.57. The SMILES string of the molecule is N#Cc1cc(C(F)F)c(C(=O)Cl)c([N+](=O)[O-])n1. The summed E-state index contributed by atoms with van der Waals surface area (Å²) in [4.78, 5) is 23.5. The van der Waals surface area contributed by atoms with E-state index in [0.717, 1.165) is 0 Å². The van der Waals surface area contributed by atoms with Gasteiger partial charge in [0.25, 0.3) is 17.4 Å². The van der Waals surface area contributed by atoms with Gasteiger partial charge in [-0.3, -0.25) is 4.79 Å². The molecule has 88 valence electrons. The van der Waals surface area contributed by atoms with Gasteiger partial charge in [0.1, 0.15) is 11.6 Å². The van der Waals surface area contributed by atoms with Crippen LogP contribution in [0.1, 0.15) is 28.0 Å². The van der Waals surface area contributed by atoms with Crippen LogP contribution in [0.2, 0.25) is 0 Å². The fourth-order valence-electron chi connectivity index (χ4n) is 1.11. The van der Waals surface area contributed by atoms with E-state index >= 15 is 0 Å². The number of carbonyl (C=O) groups excluding carboxylic acids is 1. The van der Waals surface area contributed by atoms with Crippen molar-refractivity contribution >= 4 is 22.7 Å². The van der Waals surface area contributed by atoms with Crippen LogP contribution in [-0.2, 0) is 0 Å². The van der Waals surface area contributed by atoms with E-state index in [4.69, 9.17) is 16.9 Å². The predicted molar refractivity (Wildman–Crippen MR) is 50.7 cm³/mol. The lowest BCUT2D eigenvalue weighted by Gasteiger charge is -2.04. The van der Waals surface area contributed by atoms with Crippen LogP contribution in [0.3, 0.4) is 0 Å². The van der Waals surface area contributed by atoms with Crippen LogP contribution < -0.4 is 0 Å². The molecule has 1 aromatic rings. The smallest absolute Gasteiger partial charge is 0.358 e. The highest BCUT2D eigenvalue weighted by molar-refractivity contribution is 6.68. The van der Waals surface area contributed by atoms with E-state index in [0.29, 0.717) is 6.07 Å². The fourth-order valence-corrected chi connectivity index (χ4v) is 1.31. The van der Waals surface area contributed by atoms with Gasteiger partial charge in [0, 0.05) is 11.6 Å². The van der Waals surface area contributed by atoms with Gasteiger partial charge in [0.2, 0.25) is 0 Å². The minimum Gasteiger partial charge on any atom is -0.358 e. The van der Waals surface area contributed by atoms with Crippen molar-refractivity contribution in [3.63, 3.8) is 0 Å². The summed E-state index contributed by atoms with van der Waals surface area (Å²) in [6.07, 6.45) is -3.18. The molecule has 0 aliphatic rings. The van der Waals surface area contributed by atoms with Gasteiger partial charge in [-0.05, 0) is 21.5 Å². The molecule has 0 amide bonds. The molecule has 0 fully saturated rings. The molecule has 0 N–H and O–H groups in total. The molecule has 0 aromatic carbocycles. The van der Waals surface area contributed by atoms with E-state index in [1.807, 2.05) is 0 Å². The lowest BCUT2D eigenvalue weighted by atomic mass is 10.1. The van der Waals surface area contributed by atoms with Crippen molar-refractivity contribution in [2.75, 3.05) is 0 Å². The Labute approximate surface area is 97.6 Å². The number of rotatable bonds is 3. The highest BCUT2D eigenvalue weighted by Gasteiger charge is 2.30. The number of aromatic nitrogens is 1. The molecule has 9 heteroatoms. The normalized spacial score (nSPS) is 10.1. The minimum absolute atomic E-state index is 0.589. The Balaban J connectivity index is 3.69. The number of hydrogen-bond acceptors (Lipinski definition) is 5. The molecule has 0 aliphatic carbocycles. The Kier molecular flexibility index (Phi) is 3.65. The third kappa shape index (κ3) is 2.51. The van der Waals surface area contributed by atoms with Crippen molar-refractivity contribution in [3.05, 3.63) is 33.0 Å². The molecule has 6 nitrogen and oxygen atoms in total. The third-order valence-electron chi connectivity index (χ3n) is 1.75. The molecule has 0 unspecified atom stereocenters. The maximum Gasteiger partial charge on any atom is 0.377 e. The van der Waals surface area contributed by atoms with Gasteiger partial charge in [-0.2, -0.15) is 5.26 Å². The topological polar surface area (TPSA) is 96.9 Å². The maximum atomic E-state index is 12.6. The molecule has 17 heavy (non-hydrogen) atoms. The summed E-state index contributed by atoms with van der Waals surface area (Å²) in [6, 6.07) is 1.97. The molecule has 1 rings (SSSR count). The predicted octanol–water partition coefficient (Wildman–Crippen LogP) is 2.18. The van der Waals surface area contributed by atoms with Gasteiger partial charge >= 0.3 is 5.82 Å². The number of nitro groups is 1. The maximum absolute atomic E-state index is 12.6. The molecule has 0 spiro atoms. The van der Waals surface area contributed by atoms with Gasteiger partial charge in [-0.25, -0.2) is 8.78 Å². The summed E-state index contributed by atoms with van der Waals surface area (Å²) in [5.74, 6) is -1.15. The molecule has 0 atom stereocenters. The average molecular weight is 262 g/mol. The summed E-state index contributed by atoms with van der Waals surface area (Å²) in [5, 5.41) is 17.6. The Morgan fingerprint density at radius 3 is 2.59 bits per heavy atom. The monoisotopic (exact) mass is 261 g/mol. The van der Waals surface area contributed by atoms with Crippen molar-refractivity contribution in [1.29, 1.82) is 5.26 Å². The first kappa shape index (κ1) is 12.9. The molecule has 1 aromatic heterocycles. The lowest BCUT2D eigenvalue weighted by molar-refractivity contribution is -0.389. The van der Waals surface area contributed by atoms with Crippen LogP contribution in [0.15, 0.2) is 6.07 Å². The number of alkyl halides is 2. The Bertz CT molecular complexity index is 542. The van der Waals surface area contributed by atoms with E-state index in [2.05, 4.69) is 4.98 Å². The second kappa shape index (κ2) is 4.80. The number of pyridine rings is 1. The molecular weight excluding hydrogens is 260 g/mol. The first-order valence-corrected chi connectivity index (χ1v) is 4.33. The largest absolute Gasteiger partial charge is 0.377 e.